The van der Waals surface area contributed by atoms with E-state index in [1.807, 2.05) is 43.3 Å². The van der Waals surface area contributed by atoms with Crippen LogP contribution in [0.5, 0.6) is 5.75 Å². The van der Waals surface area contributed by atoms with Gasteiger partial charge in [0.15, 0.2) is 0 Å². The molecule has 0 unspecified atom stereocenters. The lowest BCUT2D eigenvalue weighted by molar-refractivity contribution is -0.121. The molecule has 0 saturated carbocycles. The maximum Gasteiger partial charge on any atom is 0.220 e. The van der Waals surface area contributed by atoms with Crippen molar-refractivity contribution in [1.82, 2.24) is 10.0 Å². The van der Waals surface area contributed by atoms with Gasteiger partial charge in [0.2, 0.25) is 15.9 Å². The Hall–Kier alpha value is -2.38. The first-order valence-corrected chi connectivity index (χ1v) is 10.5. The lowest BCUT2D eigenvalue weighted by Gasteiger charge is -2.11. The van der Waals surface area contributed by atoms with Crippen LogP contribution in [0.4, 0.5) is 0 Å². The minimum atomic E-state index is -3.36. The van der Waals surface area contributed by atoms with Crippen LogP contribution in [0.15, 0.2) is 48.5 Å². The van der Waals surface area contributed by atoms with Crippen molar-refractivity contribution in [3.63, 3.8) is 0 Å². The maximum atomic E-state index is 12.0. The number of amides is 1. The fourth-order valence-electron chi connectivity index (χ4n) is 2.56. The molecule has 1 amide bonds. The van der Waals surface area contributed by atoms with Crippen LogP contribution in [-0.2, 0) is 27.1 Å². The third-order valence-corrected chi connectivity index (χ3v) is 5.37. The Labute approximate surface area is 161 Å². The Kier molecular flexibility index (Phi) is 7.82. The van der Waals surface area contributed by atoms with Gasteiger partial charge in [0, 0.05) is 13.0 Å². The number of carbonyl (C=O) groups is 1. The van der Waals surface area contributed by atoms with E-state index in [1.54, 1.807) is 12.1 Å². The van der Waals surface area contributed by atoms with E-state index in [-0.39, 0.29) is 11.7 Å². The number of benzene rings is 2. The minimum absolute atomic E-state index is 0.0888. The summed E-state index contributed by atoms with van der Waals surface area (Å²) in [5, 5.41) is 2.84. The number of nitrogens with one attached hydrogen (secondary N) is 2. The molecule has 2 aromatic rings. The molecule has 0 atom stereocenters. The molecule has 0 aromatic heterocycles. The molecule has 0 aliphatic rings. The lowest BCUT2D eigenvalue weighted by atomic mass is 10.1. The van der Waals surface area contributed by atoms with Crippen LogP contribution in [0.1, 0.15) is 29.5 Å². The molecule has 0 aliphatic carbocycles. The number of carbonyl (C=O) groups excluding carboxylic acids is 1. The molecule has 0 saturated heterocycles. The van der Waals surface area contributed by atoms with Crippen molar-refractivity contribution >= 4 is 15.9 Å². The number of hydrogen-bond acceptors (Lipinski definition) is 4. The zero-order valence-corrected chi connectivity index (χ0v) is 16.5. The number of hydrogen-bond donors (Lipinski definition) is 2. The molecule has 0 heterocycles. The van der Waals surface area contributed by atoms with Crippen molar-refractivity contribution in [2.75, 3.05) is 13.7 Å². The Morgan fingerprint density at radius 3 is 2.52 bits per heavy atom. The summed E-state index contributed by atoms with van der Waals surface area (Å²) in [7, 11) is -1.97. The van der Waals surface area contributed by atoms with Gasteiger partial charge < -0.3 is 10.1 Å². The number of aryl methyl sites for hydroxylation is 1. The lowest BCUT2D eigenvalue weighted by Crippen LogP contribution is -2.25. The Morgan fingerprint density at radius 1 is 1.07 bits per heavy atom. The summed E-state index contributed by atoms with van der Waals surface area (Å²) in [5.74, 6) is 0.601. The van der Waals surface area contributed by atoms with Crippen molar-refractivity contribution in [2.45, 2.75) is 32.1 Å². The maximum absolute atomic E-state index is 12.0. The monoisotopic (exact) mass is 390 g/mol. The minimum Gasteiger partial charge on any atom is -0.494 e. The molecule has 2 aromatic carbocycles. The number of sulfonamides is 1. The van der Waals surface area contributed by atoms with Gasteiger partial charge in [0.25, 0.3) is 0 Å². The van der Waals surface area contributed by atoms with Crippen molar-refractivity contribution in [3.8, 4) is 5.75 Å². The second-order valence-electron chi connectivity index (χ2n) is 6.28. The molecule has 0 fully saturated rings. The first kappa shape index (κ1) is 20.9. The van der Waals surface area contributed by atoms with Crippen LogP contribution in [0.3, 0.4) is 0 Å². The van der Waals surface area contributed by atoms with Gasteiger partial charge in [-0.15, -0.1) is 0 Å². The summed E-state index contributed by atoms with van der Waals surface area (Å²) in [5.41, 5.74) is 2.60. The summed E-state index contributed by atoms with van der Waals surface area (Å²) in [6.07, 6.45) is 0.957. The molecule has 2 rings (SSSR count). The van der Waals surface area contributed by atoms with E-state index in [0.717, 1.165) is 16.9 Å². The standard InChI is InChI=1S/C20H26N2O4S/c1-16-7-5-10-19(13-16)26-12-6-11-20(23)22-14-17-8-3-4-9-18(17)15-27(24,25)21-2/h3-5,7-10,13,21H,6,11-12,14-15H2,1-2H3,(H,22,23). The molecule has 0 bridgehead atoms. The Morgan fingerprint density at radius 2 is 1.81 bits per heavy atom. The van der Waals surface area contributed by atoms with E-state index in [2.05, 4.69) is 10.0 Å². The van der Waals surface area contributed by atoms with Crippen molar-refractivity contribution in [1.29, 1.82) is 0 Å². The summed E-state index contributed by atoms with van der Waals surface area (Å²) >= 11 is 0. The average molecular weight is 391 g/mol. The second-order valence-corrected chi connectivity index (χ2v) is 8.20. The average Bonchev–Trinajstić information content (AvgIpc) is 2.64. The molecule has 2 N–H and O–H groups in total. The van der Waals surface area contributed by atoms with E-state index in [9.17, 15) is 13.2 Å². The second kappa shape index (κ2) is 10.1. The van der Waals surface area contributed by atoms with Crippen LogP contribution < -0.4 is 14.8 Å². The molecule has 6 nitrogen and oxygen atoms in total. The number of ether oxygens (including phenoxy) is 1. The van der Waals surface area contributed by atoms with E-state index in [1.165, 1.54) is 7.05 Å². The molecular weight excluding hydrogens is 364 g/mol. The molecule has 0 spiro atoms. The highest BCUT2D eigenvalue weighted by atomic mass is 32.2. The predicted octanol–water partition coefficient (Wildman–Crippen LogP) is 2.52. The van der Waals surface area contributed by atoms with E-state index < -0.39 is 10.0 Å². The first-order valence-electron chi connectivity index (χ1n) is 8.84. The van der Waals surface area contributed by atoms with Gasteiger partial charge in [-0.05, 0) is 49.2 Å². The predicted molar refractivity (Wildman–Crippen MR) is 106 cm³/mol. The van der Waals surface area contributed by atoms with Crippen molar-refractivity contribution < 1.29 is 17.9 Å². The van der Waals surface area contributed by atoms with E-state index >= 15 is 0 Å². The third kappa shape index (κ3) is 7.40. The van der Waals surface area contributed by atoms with Crippen LogP contribution in [0.25, 0.3) is 0 Å². The topological polar surface area (TPSA) is 84.5 Å². The fraction of sp³-hybridized carbons (Fsp3) is 0.350. The largest absolute Gasteiger partial charge is 0.494 e. The molecule has 27 heavy (non-hydrogen) atoms. The van der Waals surface area contributed by atoms with Crippen LogP contribution in [-0.4, -0.2) is 28.0 Å². The normalized spacial score (nSPS) is 11.2. The van der Waals surface area contributed by atoms with Crippen LogP contribution >= 0.6 is 0 Å². The highest BCUT2D eigenvalue weighted by Gasteiger charge is 2.12. The SMILES string of the molecule is CNS(=O)(=O)Cc1ccccc1CNC(=O)CCCOc1cccc(C)c1. The summed E-state index contributed by atoms with van der Waals surface area (Å²) in [6, 6.07) is 15.0. The van der Waals surface area contributed by atoms with Crippen LogP contribution in [0.2, 0.25) is 0 Å². The summed E-state index contributed by atoms with van der Waals surface area (Å²) < 4.78 is 31.5. The van der Waals surface area contributed by atoms with Gasteiger partial charge in [-0.25, -0.2) is 13.1 Å². The zero-order chi connectivity index (χ0) is 19.7. The molecule has 0 aliphatic heterocycles. The molecule has 146 valence electrons. The summed E-state index contributed by atoms with van der Waals surface area (Å²) in [4.78, 5) is 12.0. The van der Waals surface area contributed by atoms with Crippen molar-refractivity contribution in [2.24, 2.45) is 0 Å². The molecular formula is C20H26N2O4S. The van der Waals surface area contributed by atoms with Crippen molar-refractivity contribution in [3.05, 3.63) is 65.2 Å². The Balaban J connectivity index is 1.77. The van der Waals surface area contributed by atoms with Crippen LogP contribution in [0, 0.1) is 6.92 Å². The highest BCUT2D eigenvalue weighted by Crippen LogP contribution is 2.13. The Bertz CT molecular complexity index is 866. The number of rotatable bonds is 10. The highest BCUT2D eigenvalue weighted by molar-refractivity contribution is 7.88. The van der Waals surface area contributed by atoms with Gasteiger partial charge in [0.1, 0.15) is 5.75 Å². The van der Waals surface area contributed by atoms with Gasteiger partial charge in [-0.3, -0.25) is 4.79 Å². The smallest absolute Gasteiger partial charge is 0.220 e. The van der Waals surface area contributed by atoms with E-state index in [4.69, 9.17) is 4.74 Å². The van der Waals surface area contributed by atoms with E-state index in [0.29, 0.717) is 31.6 Å². The van der Waals surface area contributed by atoms with Gasteiger partial charge >= 0.3 is 0 Å². The fourth-order valence-corrected chi connectivity index (χ4v) is 3.39. The third-order valence-electron chi connectivity index (χ3n) is 4.06. The van der Waals surface area contributed by atoms with Gasteiger partial charge in [-0.1, -0.05) is 36.4 Å². The van der Waals surface area contributed by atoms with Gasteiger partial charge in [-0.2, -0.15) is 0 Å². The van der Waals surface area contributed by atoms with Gasteiger partial charge in [0.05, 0.1) is 12.4 Å². The quantitative estimate of drug-likeness (QED) is 0.611. The summed E-state index contributed by atoms with van der Waals surface area (Å²) in [6.45, 7) is 2.76. The molecule has 0 radical (unpaired) electrons. The first-order chi connectivity index (χ1) is 12.9. The zero-order valence-electron chi connectivity index (χ0n) is 15.7. The molecule has 7 heteroatoms.